The molecule has 0 aliphatic carbocycles. The Labute approximate surface area is 147 Å². The molecule has 0 atom stereocenters. The van der Waals surface area contributed by atoms with Gasteiger partial charge in [-0.25, -0.2) is 4.39 Å². The Morgan fingerprint density at radius 3 is 2.68 bits per heavy atom. The standard InChI is InChI=1S/C18H13FN4OS/c1-24-15-8-5-12(6-9-15)7-10-16-22-23-17(20-21-18(23)25-16)13-3-2-4-14(19)11-13/h2-11H,1H3. The van der Waals surface area contributed by atoms with E-state index in [0.717, 1.165) is 16.3 Å². The fourth-order valence-corrected chi connectivity index (χ4v) is 3.13. The van der Waals surface area contributed by atoms with Gasteiger partial charge in [0, 0.05) is 5.56 Å². The molecule has 0 fully saturated rings. The molecule has 25 heavy (non-hydrogen) atoms. The van der Waals surface area contributed by atoms with E-state index in [1.165, 1.54) is 23.5 Å². The number of ether oxygens (including phenoxy) is 1. The number of rotatable bonds is 4. The van der Waals surface area contributed by atoms with Crippen LogP contribution in [0, 0.1) is 5.82 Å². The van der Waals surface area contributed by atoms with Crippen LogP contribution in [0.15, 0.2) is 48.5 Å². The van der Waals surface area contributed by atoms with Crippen LogP contribution in [-0.2, 0) is 0 Å². The van der Waals surface area contributed by atoms with Gasteiger partial charge in [-0.2, -0.15) is 9.61 Å². The number of fused-ring (bicyclic) bond motifs is 1. The van der Waals surface area contributed by atoms with Gasteiger partial charge in [-0.15, -0.1) is 10.2 Å². The van der Waals surface area contributed by atoms with Crippen molar-refractivity contribution in [2.45, 2.75) is 0 Å². The minimum Gasteiger partial charge on any atom is -0.497 e. The number of hydrogen-bond acceptors (Lipinski definition) is 5. The summed E-state index contributed by atoms with van der Waals surface area (Å²) in [5.74, 6) is 1.02. The maximum atomic E-state index is 13.4. The molecule has 0 aliphatic heterocycles. The molecule has 0 amide bonds. The van der Waals surface area contributed by atoms with E-state index in [1.807, 2.05) is 36.4 Å². The average molecular weight is 352 g/mol. The first-order valence-electron chi connectivity index (χ1n) is 7.53. The van der Waals surface area contributed by atoms with Crippen molar-refractivity contribution in [1.29, 1.82) is 0 Å². The van der Waals surface area contributed by atoms with Crippen LogP contribution < -0.4 is 4.74 Å². The van der Waals surface area contributed by atoms with E-state index in [0.29, 0.717) is 16.3 Å². The zero-order valence-corrected chi connectivity index (χ0v) is 14.1. The Bertz CT molecular complexity index is 1050. The number of halogens is 1. The Morgan fingerprint density at radius 1 is 1.08 bits per heavy atom. The highest BCUT2D eigenvalue weighted by molar-refractivity contribution is 7.17. The molecule has 0 radical (unpaired) electrons. The Kier molecular flexibility index (Phi) is 3.99. The summed E-state index contributed by atoms with van der Waals surface area (Å²) < 4.78 is 20.2. The molecule has 4 rings (SSSR count). The minimum atomic E-state index is -0.316. The largest absolute Gasteiger partial charge is 0.497 e. The maximum Gasteiger partial charge on any atom is 0.235 e. The first kappa shape index (κ1) is 15.5. The van der Waals surface area contributed by atoms with Crippen molar-refractivity contribution in [3.05, 3.63) is 64.9 Å². The number of benzene rings is 2. The molecule has 124 valence electrons. The second-order valence-electron chi connectivity index (χ2n) is 5.28. The Hall–Kier alpha value is -3.06. The second-order valence-corrected chi connectivity index (χ2v) is 6.26. The highest BCUT2D eigenvalue weighted by Crippen LogP contribution is 2.23. The van der Waals surface area contributed by atoms with Gasteiger partial charge >= 0.3 is 0 Å². The number of hydrogen-bond donors (Lipinski definition) is 0. The van der Waals surface area contributed by atoms with Gasteiger partial charge in [0.05, 0.1) is 7.11 Å². The summed E-state index contributed by atoms with van der Waals surface area (Å²) in [5.41, 5.74) is 1.68. The average Bonchev–Trinajstić information content (AvgIpc) is 3.20. The van der Waals surface area contributed by atoms with Gasteiger partial charge in [-0.05, 0) is 35.9 Å². The number of methoxy groups -OCH3 is 1. The lowest BCUT2D eigenvalue weighted by atomic mass is 10.2. The Morgan fingerprint density at radius 2 is 1.92 bits per heavy atom. The van der Waals surface area contributed by atoms with Gasteiger partial charge in [-0.3, -0.25) is 0 Å². The lowest BCUT2D eigenvalue weighted by molar-refractivity contribution is 0.415. The molecule has 7 heteroatoms. The van der Waals surface area contributed by atoms with Crippen LogP contribution in [0.5, 0.6) is 5.75 Å². The summed E-state index contributed by atoms with van der Waals surface area (Å²) in [7, 11) is 1.64. The molecule has 0 N–H and O–H groups in total. The van der Waals surface area contributed by atoms with Crippen molar-refractivity contribution >= 4 is 28.4 Å². The van der Waals surface area contributed by atoms with Gasteiger partial charge < -0.3 is 4.74 Å². The van der Waals surface area contributed by atoms with Crippen molar-refractivity contribution in [3.63, 3.8) is 0 Å². The monoisotopic (exact) mass is 352 g/mol. The molecule has 0 bridgehead atoms. The quantitative estimate of drug-likeness (QED) is 0.553. The SMILES string of the molecule is COc1ccc(C=Cc2nn3c(-c4cccc(F)c4)nnc3s2)cc1. The molecule has 0 saturated carbocycles. The summed E-state index contributed by atoms with van der Waals surface area (Å²) >= 11 is 1.42. The van der Waals surface area contributed by atoms with Crippen molar-refractivity contribution < 1.29 is 9.13 Å². The summed E-state index contributed by atoms with van der Waals surface area (Å²) in [6, 6.07) is 14.0. The summed E-state index contributed by atoms with van der Waals surface area (Å²) in [6.07, 6.45) is 3.88. The molecule has 2 aromatic heterocycles. The van der Waals surface area contributed by atoms with Crippen molar-refractivity contribution in [2.24, 2.45) is 0 Å². The van der Waals surface area contributed by atoms with Gasteiger partial charge in [0.2, 0.25) is 4.96 Å². The van der Waals surface area contributed by atoms with E-state index in [9.17, 15) is 4.39 Å². The lowest BCUT2D eigenvalue weighted by Crippen LogP contribution is -1.91. The van der Waals surface area contributed by atoms with E-state index < -0.39 is 0 Å². The van der Waals surface area contributed by atoms with Crippen LogP contribution in [0.25, 0.3) is 28.5 Å². The smallest absolute Gasteiger partial charge is 0.235 e. The molecule has 2 heterocycles. The van der Waals surface area contributed by atoms with Crippen molar-refractivity contribution in [1.82, 2.24) is 19.8 Å². The highest BCUT2D eigenvalue weighted by atomic mass is 32.1. The lowest BCUT2D eigenvalue weighted by Gasteiger charge is -1.98. The van der Waals surface area contributed by atoms with E-state index in [4.69, 9.17) is 4.74 Å². The van der Waals surface area contributed by atoms with E-state index in [-0.39, 0.29) is 5.82 Å². The first-order valence-corrected chi connectivity index (χ1v) is 8.35. The number of aromatic nitrogens is 4. The van der Waals surface area contributed by atoms with E-state index in [2.05, 4.69) is 15.3 Å². The molecule has 0 aliphatic rings. The predicted octanol–water partition coefficient (Wildman–Crippen LogP) is 4.17. The number of nitrogens with zero attached hydrogens (tertiary/aromatic N) is 4. The van der Waals surface area contributed by atoms with Crippen LogP contribution in [0.4, 0.5) is 4.39 Å². The van der Waals surface area contributed by atoms with Gasteiger partial charge in [0.15, 0.2) is 5.82 Å². The van der Waals surface area contributed by atoms with Gasteiger partial charge in [-0.1, -0.05) is 41.7 Å². The molecular weight excluding hydrogens is 339 g/mol. The third kappa shape index (κ3) is 3.14. The molecule has 0 unspecified atom stereocenters. The van der Waals surface area contributed by atoms with Crippen LogP contribution >= 0.6 is 11.3 Å². The van der Waals surface area contributed by atoms with Crippen LogP contribution in [0.3, 0.4) is 0 Å². The normalized spacial score (nSPS) is 11.4. The van der Waals surface area contributed by atoms with E-state index in [1.54, 1.807) is 23.8 Å². The summed E-state index contributed by atoms with van der Waals surface area (Å²) in [5, 5.41) is 13.5. The third-order valence-electron chi connectivity index (χ3n) is 3.62. The first-order chi connectivity index (χ1) is 12.2. The van der Waals surface area contributed by atoms with E-state index >= 15 is 0 Å². The fraction of sp³-hybridized carbons (Fsp3) is 0.0556. The zero-order chi connectivity index (χ0) is 17.2. The van der Waals surface area contributed by atoms with Crippen LogP contribution in [-0.4, -0.2) is 26.9 Å². The van der Waals surface area contributed by atoms with Gasteiger partial charge in [0.1, 0.15) is 16.6 Å². The molecule has 0 saturated heterocycles. The minimum absolute atomic E-state index is 0.316. The van der Waals surface area contributed by atoms with Crippen LogP contribution in [0.2, 0.25) is 0 Å². The molecule has 5 nitrogen and oxygen atoms in total. The summed E-state index contributed by atoms with van der Waals surface area (Å²) in [4.78, 5) is 0.661. The Balaban J connectivity index is 1.64. The van der Waals surface area contributed by atoms with Crippen LogP contribution in [0.1, 0.15) is 10.6 Å². The summed E-state index contributed by atoms with van der Waals surface area (Å²) in [6.45, 7) is 0. The molecular formula is C18H13FN4OS. The molecule has 0 spiro atoms. The fourth-order valence-electron chi connectivity index (χ4n) is 2.39. The maximum absolute atomic E-state index is 13.4. The van der Waals surface area contributed by atoms with Gasteiger partial charge in [0.25, 0.3) is 0 Å². The third-order valence-corrected chi connectivity index (χ3v) is 4.49. The van der Waals surface area contributed by atoms with Crippen molar-refractivity contribution in [2.75, 3.05) is 7.11 Å². The van der Waals surface area contributed by atoms with Crippen molar-refractivity contribution in [3.8, 4) is 17.1 Å². The predicted molar refractivity (Wildman–Crippen MR) is 96.0 cm³/mol. The molecule has 4 aromatic rings. The topological polar surface area (TPSA) is 52.3 Å². The second kappa shape index (κ2) is 6.45. The molecule has 2 aromatic carbocycles. The highest BCUT2D eigenvalue weighted by Gasteiger charge is 2.12. The zero-order valence-electron chi connectivity index (χ0n) is 13.3.